The van der Waals surface area contributed by atoms with Gasteiger partial charge >= 0.3 is 5.97 Å². The molecule has 12 heavy (non-hydrogen) atoms. The average Bonchev–Trinajstić information content (AvgIpc) is 2.02. The zero-order chi connectivity index (χ0) is 9.72. The number of hydrogen-bond acceptors (Lipinski definition) is 3. The lowest BCUT2D eigenvalue weighted by Gasteiger charge is -2.16. The first-order valence-corrected chi connectivity index (χ1v) is 3.92. The van der Waals surface area contributed by atoms with Crippen molar-refractivity contribution < 1.29 is 9.53 Å². The topological polar surface area (TPSA) is 29.5 Å². The van der Waals surface area contributed by atoms with Gasteiger partial charge in [-0.15, -0.1) is 0 Å². The highest BCUT2D eigenvalue weighted by atomic mass is 16.5. The fourth-order valence-electron chi connectivity index (χ4n) is 0.740. The van der Waals surface area contributed by atoms with E-state index in [1.165, 1.54) is 7.11 Å². The molecule has 0 heterocycles. The third-order valence-electron chi connectivity index (χ3n) is 1.81. The number of carbonyl (C=O) groups is 1. The van der Waals surface area contributed by atoms with Crippen molar-refractivity contribution in [3.63, 3.8) is 0 Å². The van der Waals surface area contributed by atoms with Crippen LogP contribution in [-0.2, 0) is 9.53 Å². The molecular formula is C9H17NO2. The molecule has 0 aromatic carbocycles. The third kappa shape index (κ3) is 3.53. The Balaban J connectivity index is 4.25. The van der Waals surface area contributed by atoms with E-state index in [2.05, 4.69) is 4.74 Å². The Labute approximate surface area is 74.0 Å². The lowest BCUT2D eigenvalue weighted by molar-refractivity contribution is -0.136. The summed E-state index contributed by atoms with van der Waals surface area (Å²) in [6.45, 7) is 3.78. The van der Waals surface area contributed by atoms with E-state index >= 15 is 0 Å². The second-order valence-electron chi connectivity index (χ2n) is 3.05. The molecule has 0 spiro atoms. The van der Waals surface area contributed by atoms with E-state index in [0.717, 1.165) is 0 Å². The quantitative estimate of drug-likeness (QED) is 0.469. The van der Waals surface area contributed by atoms with Gasteiger partial charge in [0.15, 0.2) is 0 Å². The van der Waals surface area contributed by atoms with Gasteiger partial charge in [-0.25, -0.2) is 4.79 Å². The van der Waals surface area contributed by atoms with Gasteiger partial charge in [-0.1, -0.05) is 6.08 Å². The molecule has 0 amide bonds. The van der Waals surface area contributed by atoms with Crippen LogP contribution in [0.3, 0.4) is 0 Å². The molecule has 0 saturated heterocycles. The van der Waals surface area contributed by atoms with Crippen LogP contribution in [0.15, 0.2) is 11.6 Å². The molecule has 0 aromatic rings. The summed E-state index contributed by atoms with van der Waals surface area (Å²) in [5.74, 6) is -0.260. The van der Waals surface area contributed by atoms with Crippen molar-refractivity contribution in [3.05, 3.63) is 11.6 Å². The first-order valence-electron chi connectivity index (χ1n) is 3.92. The molecule has 0 aromatic heterocycles. The molecule has 0 N–H and O–H groups in total. The van der Waals surface area contributed by atoms with Crippen molar-refractivity contribution >= 4 is 5.97 Å². The SMILES string of the molecule is COC(=O)C(C)=CC(C)N(C)C. The van der Waals surface area contributed by atoms with E-state index < -0.39 is 0 Å². The van der Waals surface area contributed by atoms with Crippen LogP contribution in [0.25, 0.3) is 0 Å². The number of rotatable bonds is 3. The molecular weight excluding hydrogens is 154 g/mol. The monoisotopic (exact) mass is 171 g/mol. The summed E-state index contributed by atoms with van der Waals surface area (Å²) in [7, 11) is 5.32. The van der Waals surface area contributed by atoms with E-state index in [-0.39, 0.29) is 12.0 Å². The first-order chi connectivity index (χ1) is 5.49. The van der Waals surface area contributed by atoms with Crippen LogP contribution in [0.1, 0.15) is 13.8 Å². The molecule has 1 unspecified atom stereocenters. The number of likely N-dealkylation sites (N-methyl/N-ethyl adjacent to an activating group) is 1. The first kappa shape index (κ1) is 11.2. The molecule has 0 saturated carbocycles. The van der Waals surface area contributed by atoms with Gasteiger partial charge in [0.05, 0.1) is 7.11 Å². The minimum atomic E-state index is -0.260. The molecule has 0 radical (unpaired) electrons. The number of carbonyl (C=O) groups excluding carboxylic acids is 1. The van der Waals surface area contributed by atoms with Crippen LogP contribution in [0, 0.1) is 0 Å². The molecule has 0 rings (SSSR count). The van der Waals surface area contributed by atoms with E-state index in [9.17, 15) is 4.79 Å². The average molecular weight is 171 g/mol. The maximum absolute atomic E-state index is 11.0. The Morgan fingerprint density at radius 2 is 2.00 bits per heavy atom. The van der Waals surface area contributed by atoms with E-state index in [1.54, 1.807) is 6.92 Å². The maximum atomic E-state index is 11.0. The Hall–Kier alpha value is -0.830. The highest BCUT2D eigenvalue weighted by molar-refractivity contribution is 5.87. The predicted molar refractivity (Wildman–Crippen MR) is 48.9 cm³/mol. The Morgan fingerprint density at radius 3 is 2.33 bits per heavy atom. The standard InChI is InChI=1S/C9H17NO2/c1-7(9(11)12-5)6-8(2)10(3)4/h6,8H,1-5H3. The highest BCUT2D eigenvalue weighted by Crippen LogP contribution is 2.01. The smallest absolute Gasteiger partial charge is 0.333 e. The molecule has 0 aliphatic heterocycles. The largest absolute Gasteiger partial charge is 0.466 e. The summed E-state index contributed by atoms with van der Waals surface area (Å²) in [6.07, 6.45) is 1.88. The molecule has 0 bridgehead atoms. The number of esters is 1. The van der Waals surface area contributed by atoms with Crippen molar-refractivity contribution in [2.24, 2.45) is 0 Å². The van der Waals surface area contributed by atoms with Crippen molar-refractivity contribution in [1.29, 1.82) is 0 Å². The van der Waals surface area contributed by atoms with Gasteiger partial charge in [0.1, 0.15) is 0 Å². The lowest BCUT2D eigenvalue weighted by Crippen LogP contribution is -2.23. The summed E-state index contributed by atoms with van der Waals surface area (Å²) >= 11 is 0. The van der Waals surface area contributed by atoms with Crippen molar-refractivity contribution in [2.45, 2.75) is 19.9 Å². The number of nitrogens with zero attached hydrogens (tertiary/aromatic N) is 1. The van der Waals surface area contributed by atoms with E-state index in [4.69, 9.17) is 0 Å². The van der Waals surface area contributed by atoms with Gasteiger partial charge in [-0.3, -0.25) is 0 Å². The minimum Gasteiger partial charge on any atom is -0.466 e. The Morgan fingerprint density at radius 1 is 1.50 bits per heavy atom. The summed E-state index contributed by atoms with van der Waals surface area (Å²) < 4.78 is 4.57. The second-order valence-corrected chi connectivity index (χ2v) is 3.05. The van der Waals surface area contributed by atoms with Crippen LogP contribution in [-0.4, -0.2) is 38.1 Å². The molecule has 3 nitrogen and oxygen atoms in total. The van der Waals surface area contributed by atoms with Crippen molar-refractivity contribution in [3.8, 4) is 0 Å². The number of ether oxygens (including phenoxy) is 1. The van der Waals surface area contributed by atoms with Gasteiger partial charge < -0.3 is 9.64 Å². The summed E-state index contributed by atoms with van der Waals surface area (Å²) in [4.78, 5) is 13.0. The molecule has 0 aliphatic rings. The fourth-order valence-corrected chi connectivity index (χ4v) is 0.740. The summed E-state index contributed by atoms with van der Waals surface area (Å²) in [6, 6.07) is 0.254. The molecule has 1 atom stereocenters. The van der Waals surface area contributed by atoms with Crippen molar-refractivity contribution in [1.82, 2.24) is 4.90 Å². The van der Waals surface area contributed by atoms with Gasteiger partial charge in [0.25, 0.3) is 0 Å². The fraction of sp³-hybridized carbons (Fsp3) is 0.667. The normalized spacial score (nSPS) is 14.7. The second kappa shape index (κ2) is 4.93. The van der Waals surface area contributed by atoms with Crippen LogP contribution in [0.4, 0.5) is 0 Å². The van der Waals surface area contributed by atoms with Crippen molar-refractivity contribution in [2.75, 3.05) is 21.2 Å². The number of hydrogen-bond donors (Lipinski definition) is 0. The third-order valence-corrected chi connectivity index (χ3v) is 1.81. The Kier molecular flexibility index (Phi) is 4.59. The van der Waals surface area contributed by atoms with Crippen LogP contribution < -0.4 is 0 Å². The molecule has 70 valence electrons. The zero-order valence-corrected chi connectivity index (χ0v) is 8.42. The summed E-state index contributed by atoms with van der Waals surface area (Å²) in [5, 5.41) is 0. The van der Waals surface area contributed by atoms with Crippen LogP contribution >= 0.6 is 0 Å². The lowest BCUT2D eigenvalue weighted by atomic mass is 10.2. The molecule has 3 heteroatoms. The maximum Gasteiger partial charge on any atom is 0.333 e. The van der Waals surface area contributed by atoms with Gasteiger partial charge in [0.2, 0.25) is 0 Å². The molecule has 0 fully saturated rings. The van der Waals surface area contributed by atoms with Crippen LogP contribution in [0.5, 0.6) is 0 Å². The number of methoxy groups -OCH3 is 1. The van der Waals surface area contributed by atoms with E-state index in [1.807, 2.05) is 32.0 Å². The summed E-state index contributed by atoms with van der Waals surface area (Å²) in [5.41, 5.74) is 0.652. The van der Waals surface area contributed by atoms with Crippen LogP contribution in [0.2, 0.25) is 0 Å². The minimum absolute atomic E-state index is 0.254. The zero-order valence-electron chi connectivity index (χ0n) is 8.42. The highest BCUT2D eigenvalue weighted by Gasteiger charge is 2.06. The van der Waals surface area contributed by atoms with Gasteiger partial charge in [-0.05, 0) is 27.9 Å². The van der Waals surface area contributed by atoms with Gasteiger partial charge in [-0.2, -0.15) is 0 Å². The van der Waals surface area contributed by atoms with E-state index in [0.29, 0.717) is 5.57 Å². The Bertz CT molecular complexity index is 185. The predicted octanol–water partition coefficient (Wildman–Crippen LogP) is 1.06. The molecule has 0 aliphatic carbocycles. The van der Waals surface area contributed by atoms with Gasteiger partial charge in [0, 0.05) is 11.6 Å².